The van der Waals surface area contributed by atoms with Gasteiger partial charge in [0.2, 0.25) is 0 Å². The number of phenols is 1. The molecule has 5 aromatic rings. The number of imidazole rings is 1. The van der Waals surface area contributed by atoms with Crippen molar-refractivity contribution in [2.75, 3.05) is 36.0 Å². The monoisotopic (exact) mass is 754 g/mol. The minimum absolute atomic E-state index is 0.297. The molecule has 2 fully saturated rings. The molecule has 9 nitrogen and oxygen atoms in total. The first-order valence-electron chi connectivity index (χ1n) is 19.8. The zero-order valence-corrected chi connectivity index (χ0v) is 33.4. The Balaban J connectivity index is 1.40. The van der Waals surface area contributed by atoms with Gasteiger partial charge in [0, 0.05) is 71.1 Å². The number of piperidine rings is 2. The predicted octanol–water partition coefficient (Wildman–Crippen LogP) is 9.78. The number of aliphatic carboxylic acids is 2. The highest BCUT2D eigenvalue weighted by Crippen LogP contribution is 2.45. The summed E-state index contributed by atoms with van der Waals surface area (Å²) in [5, 5.41) is 30.8. The number of benzene rings is 4. The average Bonchev–Trinajstić information content (AvgIpc) is 3.58. The minimum atomic E-state index is -0.717. The zero-order valence-electron chi connectivity index (χ0n) is 33.4. The zero-order chi connectivity index (χ0) is 39.9. The maximum atomic E-state index is 11.7. The van der Waals surface area contributed by atoms with Crippen LogP contribution in [0.2, 0.25) is 0 Å². The second-order valence-corrected chi connectivity index (χ2v) is 17.5. The second-order valence-electron chi connectivity index (χ2n) is 17.5. The van der Waals surface area contributed by atoms with Crippen LogP contribution in [-0.4, -0.2) is 63.0 Å². The molecule has 0 atom stereocenters. The molecule has 2 aliphatic rings. The van der Waals surface area contributed by atoms with Crippen LogP contribution in [-0.2, 0) is 20.4 Å². The molecular weight excluding hydrogens is 701 g/mol. The van der Waals surface area contributed by atoms with Crippen molar-refractivity contribution in [1.29, 1.82) is 0 Å². The van der Waals surface area contributed by atoms with Crippen LogP contribution in [0.5, 0.6) is 5.75 Å². The standard InChI is InChI=1S/C47H54N4O5/c1-46(2,3)38-28-34(29-39(42(38)52)47(4,5)6)43-48-40(30-12-16-35(17-13-30)49-24-20-32(21-25-49)44(53)54)41(51(43)37-10-8-7-9-11-37)31-14-18-36(19-15-31)50-26-22-33(23-27-50)45(55)56/h7-19,28-29,32-33,52H,20-27H2,1-6H3,(H,53,54)(H,55,56). The Hall–Kier alpha value is -5.57. The lowest BCUT2D eigenvalue weighted by atomic mass is 9.78. The van der Waals surface area contributed by atoms with Gasteiger partial charge in [0.05, 0.1) is 23.2 Å². The van der Waals surface area contributed by atoms with Crippen LogP contribution in [0.3, 0.4) is 0 Å². The van der Waals surface area contributed by atoms with Crippen LogP contribution in [0, 0.1) is 11.8 Å². The Morgan fingerprint density at radius 3 is 1.43 bits per heavy atom. The Bertz CT molecular complexity index is 2160. The maximum absolute atomic E-state index is 11.7. The molecule has 0 amide bonds. The van der Waals surface area contributed by atoms with E-state index in [9.17, 15) is 24.9 Å². The van der Waals surface area contributed by atoms with Gasteiger partial charge >= 0.3 is 11.9 Å². The summed E-state index contributed by atoms with van der Waals surface area (Å²) < 4.78 is 2.23. The number of carboxylic acids is 2. The highest BCUT2D eigenvalue weighted by atomic mass is 16.4. The molecule has 0 bridgehead atoms. The van der Waals surface area contributed by atoms with Crippen LogP contribution in [0.4, 0.5) is 11.4 Å². The molecule has 56 heavy (non-hydrogen) atoms. The summed E-state index contributed by atoms with van der Waals surface area (Å²) in [7, 11) is 0. The number of para-hydroxylation sites is 1. The average molecular weight is 755 g/mol. The summed E-state index contributed by atoms with van der Waals surface area (Å²) in [5.74, 6) is -0.951. The van der Waals surface area contributed by atoms with E-state index >= 15 is 0 Å². The fraction of sp³-hybridized carbons (Fsp3) is 0.383. The number of hydrogen-bond acceptors (Lipinski definition) is 6. The summed E-state index contributed by atoms with van der Waals surface area (Å²) in [6, 6.07) is 31.4. The third kappa shape index (κ3) is 7.77. The van der Waals surface area contributed by atoms with Crippen molar-refractivity contribution in [2.45, 2.75) is 78.1 Å². The minimum Gasteiger partial charge on any atom is -0.507 e. The molecule has 0 unspecified atom stereocenters. The molecule has 0 saturated carbocycles. The second kappa shape index (κ2) is 15.2. The molecule has 4 aromatic carbocycles. The molecule has 2 aliphatic heterocycles. The van der Waals surface area contributed by atoms with Crippen molar-refractivity contribution >= 4 is 23.3 Å². The molecule has 0 aliphatic carbocycles. The van der Waals surface area contributed by atoms with Gasteiger partial charge in [-0.15, -0.1) is 0 Å². The molecule has 3 N–H and O–H groups in total. The number of hydrogen-bond donors (Lipinski definition) is 3. The summed E-state index contributed by atoms with van der Waals surface area (Å²) in [6.07, 6.45) is 2.50. The smallest absolute Gasteiger partial charge is 0.306 e. The van der Waals surface area contributed by atoms with Crippen LogP contribution in [0.1, 0.15) is 78.4 Å². The Labute approximate surface area is 330 Å². The molecule has 9 heteroatoms. The van der Waals surface area contributed by atoms with Crippen molar-refractivity contribution in [1.82, 2.24) is 9.55 Å². The molecule has 292 valence electrons. The summed E-state index contributed by atoms with van der Waals surface area (Å²) >= 11 is 0. The van der Waals surface area contributed by atoms with Gasteiger partial charge in [0.1, 0.15) is 11.6 Å². The Kier molecular flexibility index (Phi) is 10.5. The van der Waals surface area contributed by atoms with Gasteiger partial charge in [-0.05, 0) is 85.0 Å². The maximum Gasteiger partial charge on any atom is 0.306 e. The van der Waals surface area contributed by atoms with Gasteiger partial charge in [-0.1, -0.05) is 84.0 Å². The quantitative estimate of drug-likeness (QED) is 0.143. The largest absolute Gasteiger partial charge is 0.507 e. The van der Waals surface area contributed by atoms with Gasteiger partial charge in [0.15, 0.2) is 0 Å². The van der Waals surface area contributed by atoms with E-state index in [0.717, 1.165) is 62.1 Å². The molecule has 1 aromatic heterocycles. The third-order valence-electron chi connectivity index (χ3n) is 11.6. The van der Waals surface area contributed by atoms with Crippen molar-refractivity contribution < 1.29 is 24.9 Å². The molecule has 2 saturated heterocycles. The molecule has 0 radical (unpaired) electrons. The molecule has 0 spiro atoms. The third-order valence-corrected chi connectivity index (χ3v) is 11.6. The van der Waals surface area contributed by atoms with E-state index in [-0.39, 0.29) is 22.7 Å². The number of nitrogens with zero attached hydrogens (tertiary/aromatic N) is 4. The summed E-state index contributed by atoms with van der Waals surface area (Å²) in [4.78, 5) is 33.3. The van der Waals surface area contributed by atoms with Gasteiger partial charge in [-0.3, -0.25) is 14.2 Å². The number of rotatable bonds is 8. The number of aromatic nitrogens is 2. The highest BCUT2D eigenvalue weighted by Gasteiger charge is 2.31. The number of anilines is 2. The van der Waals surface area contributed by atoms with Gasteiger partial charge < -0.3 is 25.1 Å². The number of carbonyl (C=O) groups is 2. The topological polar surface area (TPSA) is 119 Å². The van der Waals surface area contributed by atoms with Crippen molar-refractivity contribution in [3.63, 3.8) is 0 Å². The SMILES string of the molecule is CC(C)(C)c1cc(-c2nc(-c3ccc(N4CCC(C(=O)O)CC4)cc3)c(-c3ccc(N4CCC(C(=O)O)CC4)cc3)n2-c2ccccc2)cc(C(C)(C)C)c1O. The molecule has 3 heterocycles. The van der Waals surface area contributed by atoms with Crippen LogP contribution >= 0.6 is 0 Å². The van der Waals surface area contributed by atoms with E-state index < -0.39 is 11.9 Å². The first-order valence-corrected chi connectivity index (χ1v) is 19.8. The molecular formula is C47H54N4O5. The lowest BCUT2D eigenvalue weighted by Gasteiger charge is -2.32. The number of phenolic OH excluding ortho intramolecular Hbond substituents is 1. The molecule has 7 rings (SSSR count). The van der Waals surface area contributed by atoms with Gasteiger partial charge in [-0.25, -0.2) is 4.98 Å². The predicted molar refractivity (Wildman–Crippen MR) is 224 cm³/mol. The van der Waals surface area contributed by atoms with E-state index in [1.165, 1.54) is 0 Å². The fourth-order valence-electron chi connectivity index (χ4n) is 8.25. The van der Waals surface area contributed by atoms with Gasteiger partial charge in [0.25, 0.3) is 0 Å². The van der Waals surface area contributed by atoms with Crippen LogP contribution in [0.15, 0.2) is 91.0 Å². The van der Waals surface area contributed by atoms with Crippen molar-refractivity contribution in [2.24, 2.45) is 11.8 Å². The normalized spacial score (nSPS) is 16.0. The fourth-order valence-corrected chi connectivity index (χ4v) is 8.25. The van der Waals surface area contributed by atoms with E-state index in [4.69, 9.17) is 4.98 Å². The first-order chi connectivity index (χ1) is 26.6. The van der Waals surface area contributed by atoms with Crippen LogP contribution < -0.4 is 9.80 Å². The number of carboxylic acid groups (broad SMARTS) is 2. The highest BCUT2D eigenvalue weighted by molar-refractivity contribution is 5.85. The van der Waals surface area contributed by atoms with E-state index in [0.29, 0.717) is 57.6 Å². The van der Waals surface area contributed by atoms with Crippen molar-refractivity contribution in [3.8, 4) is 45.3 Å². The first kappa shape index (κ1) is 38.7. The van der Waals surface area contributed by atoms with Crippen molar-refractivity contribution in [3.05, 3.63) is 102 Å². The Morgan fingerprint density at radius 2 is 1.02 bits per heavy atom. The van der Waals surface area contributed by atoms with Crippen LogP contribution in [0.25, 0.3) is 39.6 Å². The van der Waals surface area contributed by atoms with E-state index in [1.54, 1.807) is 0 Å². The van der Waals surface area contributed by atoms with E-state index in [2.05, 4.69) is 129 Å². The Morgan fingerprint density at radius 1 is 0.589 bits per heavy atom. The summed E-state index contributed by atoms with van der Waals surface area (Å²) in [6.45, 7) is 15.5. The lowest BCUT2D eigenvalue weighted by Crippen LogP contribution is -2.36. The lowest BCUT2D eigenvalue weighted by molar-refractivity contribution is -0.143. The van der Waals surface area contributed by atoms with Gasteiger partial charge in [-0.2, -0.15) is 0 Å². The van der Waals surface area contributed by atoms with E-state index in [1.807, 2.05) is 18.2 Å². The number of aromatic hydroxyl groups is 1. The summed E-state index contributed by atoms with van der Waals surface area (Å²) in [5.41, 5.74) is 8.71.